The fraction of sp³-hybridized carbons (Fsp3) is 0.619. The summed E-state index contributed by atoms with van der Waals surface area (Å²) in [6, 6.07) is 8.68. The van der Waals surface area contributed by atoms with E-state index < -0.39 is 0 Å². The molecule has 3 N–H and O–H groups in total. The van der Waals surface area contributed by atoms with E-state index in [4.69, 9.17) is 4.74 Å². The molecule has 0 unspecified atom stereocenters. The van der Waals surface area contributed by atoms with Crippen LogP contribution in [0.2, 0.25) is 0 Å². The summed E-state index contributed by atoms with van der Waals surface area (Å²) in [5, 5.41) is 9.01. The smallest absolute Gasteiger partial charge is 0.239 e. The Labute approximate surface area is 192 Å². The SMILES string of the molecule is CCNC(=NCc1ccc(CN2CCCCC2)cc1)NCC(=O)NCCOC.I. The number of halogens is 1. The lowest BCUT2D eigenvalue weighted by Crippen LogP contribution is -2.43. The normalized spacial score (nSPS) is 14.8. The fourth-order valence-corrected chi connectivity index (χ4v) is 3.16. The molecule has 8 heteroatoms. The molecule has 0 aromatic heterocycles. The van der Waals surface area contributed by atoms with Crippen molar-refractivity contribution in [2.75, 3.05) is 46.4 Å². The minimum absolute atomic E-state index is 0. The van der Waals surface area contributed by atoms with Gasteiger partial charge in [0.2, 0.25) is 5.91 Å². The zero-order chi connectivity index (χ0) is 20.0. The predicted octanol–water partition coefficient (Wildman–Crippen LogP) is 2.11. The Morgan fingerprint density at radius 2 is 1.76 bits per heavy atom. The molecule has 7 nitrogen and oxygen atoms in total. The summed E-state index contributed by atoms with van der Waals surface area (Å²) >= 11 is 0. The summed E-state index contributed by atoms with van der Waals surface area (Å²) < 4.78 is 4.92. The van der Waals surface area contributed by atoms with Gasteiger partial charge in [-0.2, -0.15) is 0 Å². The van der Waals surface area contributed by atoms with Gasteiger partial charge >= 0.3 is 0 Å². The van der Waals surface area contributed by atoms with E-state index in [0.29, 0.717) is 25.7 Å². The average Bonchev–Trinajstić information content (AvgIpc) is 2.72. The summed E-state index contributed by atoms with van der Waals surface area (Å²) in [6.45, 7) is 7.98. The van der Waals surface area contributed by atoms with Gasteiger partial charge < -0.3 is 20.7 Å². The molecule has 0 saturated carbocycles. The van der Waals surface area contributed by atoms with Crippen LogP contribution in [0.5, 0.6) is 0 Å². The number of likely N-dealkylation sites (tertiary alicyclic amines) is 1. The van der Waals surface area contributed by atoms with Crippen molar-refractivity contribution in [2.45, 2.75) is 39.3 Å². The third-order valence-corrected chi connectivity index (χ3v) is 4.69. The van der Waals surface area contributed by atoms with Gasteiger partial charge in [0.15, 0.2) is 5.96 Å². The van der Waals surface area contributed by atoms with Crippen LogP contribution in [0.3, 0.4) is 0 Å². The molecule has 2 rings (SSSR count). The van der Waals surface area contributed by atoms with Crippen molar-refractivity contribution < 1.29 is 9.53 Å². The van der Waals surface area contributed by atoms with Gasteiger partial charge in [0.1, 0.15) is 0 Å². The van der Waals surface area contributed by atoms with Crippen LogP contribution in [0, 0.1) is 0 Å². The molecule has 1 aliphatic rings. The van der Waals surface area contributed by atoms with Crippen molar-refractivity contribution in [3.63, 3.8) is 0 Å². The molecule has 164 valence electrons. The minimum Gasteiger partial charge on any atom is -0.383 e. The molecule has 1 aliphatic heterocycles. The van der Waals surface area contributed by atoms with Crippen LogP contribution < -0.4 is 16.0 Å². The second-order valence-electron chi connectivity index (χ2n) is 7.04. The number of carbonyl (C=O) groups is 1. The van der Waals surface area contributed by atoms with E-state index in [1.165, 1.54) is 37.9 Å². The highest BCUT2D eigenvalue weighted by Gasteiger charge is 2.10. The minimum atomic E-state index is -0.0790. The number of hydrogen-bond acceptors (Lipinski definition) is 4. The van der Waals surface area contributed by atoms with Gasteiger partial charge in [-0.05, 0) is 44.0 Å². The lowest BCUT2D eigenvalue weighted by atomic mass is 10.1. The molecule has 0 atom stereocenters. The molecule has 0 bridgehead atoms. The fourth-order valence-electron chi connectivity index (χ4n) is 3.16. The number of hydrogen-bond donors (Lipinski definition) is 3. The van der Waals surface area contributed by atoms with Crippen molar-refractivity contribution in [3.8, 4) is 0 Å². The van der Waals surface area contributed by atoms with Crippen LogP contribution in [-0.2, 0) is 22.6 Å². The first-order valence-corrected chi connectivity index (χ1v) is 10.3. The third kappa shape index (κ3) is 10.8. The predicted molar refractivity (Wildman–Crippen MR) is 129 cm³/mol. The van der Waals surface area contributed by atoms with Crippen LogP contribution >= 0.6 is 24.0 Å². The molecule has 1 aromatic carbocycles. The Bertz CT molecular complexity index is 604. The van der Waals surface area contributed by atoms with Crippen molar-refractivity contribution in [2.24, 2.45) is 4.99 Å². The molecular weight excluding hydrogens is 481 g/mol. The highest BCUT2D eigenvalue weighted by molar-refractivity contribution is 14.0. The molecule has 1 amide bonds. The molecule has 0 aliphatic carbocycles. The number of methoxy groups -OCH3 is 1. The second kappa shape index (κ2) is 15.4. The number of benzene rings is 1. The summed E-state index contributed by atoms with van der Waals surface area (Å²) in [7, 11) is 1.61. The molecule has 1 saturated heterocycles. The van der Waals surface area contributed by atoms with Crippen LogP contribution in [0.15, 0.2) is 29.3 Å². The molecule has 1 aromatic rings. The summed E-state index contributed by atoms with van der Waals surface area (Å²) in [4.78, 5) is 18.9. The number of amides is 1. The third-order valence-electron chi connectivity index (χ3n) is 4.69. The maximum atomic E-state index is 11.8. The molecule has 1 fully saturated rings. The maximum Gasteiger partial charge on any atom is 0.239 e. The highest BCUT2D eigenvalue weighted by Crippen LogP contribution is 2.13. The summed E-state index contributed by atoms with van der Waals surface area (Å²) in [5.41, 5.74) is 2.51. The molecule has 0 radical (unpaired) electrons. The zero-order valence-electron chi connectivity index (χ0n) is 17.7. The van der Waals surface area contributed by atoms with Crippen molar-refractivity contribution in [3.05, 3.63) is 35.4 Å². The first kappa shape index (κ1) is 25.6. The number of nitrogens with zero attached hydrogens (tertiary/aromatic N) is 2. The van der Waals surface area contributed by atoms with Crippen LogP contribution in [0.1, 0.15) is 37.3 Å². The van der Waals surface area contributed by atoms with Gasteiger partial charge in [-0.3, -0.25) is 9.69 Å². The van der Waals surface area contributed by atoms with Crippen LogP contribution in [0.25, 0.3) is 0 Å². The monoisotopic (exact) mass is 517 g/mol. The Balaban J connectivity index is 0.00000420. The largest absolute Gasteiger partial charge is 0.383 e. The average molecular weight is 517 g/mol. The Morgan fingerprint density at radius 3 is 2.41 bits per heavy atom. The van der Waals surface area contributed by atoms with E-state index in [0.717, 1.165) is 18.7 Å². The Morgan fingerprint density at radius 1 is 1.07 bits per heavy atom. The van der Waals surface area contributed by atoms with Gasteiger partial charge in [0, 0.05) is 26.7 Å². The van der Waals surface area contributed by atoms with Gasteiger partial charge in [-0.15, -0.1) is 24.0 Å². The number of aliphatic imine (C=N–C) groups is 1. The van der Waals surface area contributed by atoms with E-state index in [1.807, 2.05) is 6.92 Å². The Hall–Kier alpha value is -1.39. The lowest BCUT2D eigenvalue weighted by Gasteiger charge is -2.26. The Kier molecular flexibility index (Phi) is 13.7. The van der Waals surface area contributed by atoms with Crippen molar-refractivity contribution >= 4 is 35.8 Å². The van der Waals surface area contributed by atoms with Crippen LogP contribution in [-0.4, -0.2) is 63.2 Å². The molecule has 29 heavy (non-hydrogen) atoms. The van der Waals surface area contributed by atoms with E-state index in [9.17, 15) is 4.79 Å². The van der Waals surface area contributed by atoms with Crippen molar-refractivity contribution in [1.29, 1.82) is 0 Å². The van der Waals surface area contributed by atoms with Gasteiger partial charge in [0.05, 0.1) is 19.7 Å². The molecule has 1 heterocycles. The maximum absolute atomic E-state index is 11.8. The first-order chi connectivity index (χ1) is 13.7. The number of carbonyl (C=O) groups excluding carboxylic acids is 1. The van der Waals surface area contributed by atoms with Gasteiger partial charge in [-0.1, -0.05) is 30.7 Å². The number of piperidine rings is 1. The molecule has 0 spiro atoms. The summed E-state index contributed by atoms with van der Waals surface area (Å²) in [6.07, 6.45) is 4.00. The number of ether oxygens (including phenoxy) is 1. The second-order valence-corrected chi connectivity index (χ2v) is 7.04. The van der Waals surface area contributed by atoms with E-state index in [1.54, 1.807) is 7.11 Å². The molecular formula is C21H36IN5O2. The number of guanidine groups is 1. The quantitative estimate of drug-likeness (QED) is 0.192. The topological polar surface area (TPSA) is 78.0 Å². The van der Waals surface area contributed by atoms with E-state index in [-0.39, 0.29) is 36.4 Å². The number of nitrogens with one attached hydrogen (secondary N) is 3. The summed E-state index contributed by atoms with van der Waals surface area (Å²) in [5.74, 6) is 0.562. The standard InChI is InChI=1S/C21H35N5O2.HI/c1-3-22-21(25-16-20(27)23-11-14-28-2)24-15-18-7-9-19(10-8-18)17-26-12-5-4-6-13-26;/h7-10H,3-6,11-17H2,1-2H3,(H,23,27)(H2,22,24,25);1H. The zero-order valence-corrected chi connectivity index (χ0v) is 20.0. The number of rotatable bonds is 10. The van der Waals surface area contributed by atoms with E-state index >= 15 is 0 Å². The lowest BCUT2D eigenvalue weighted by molar-refractivity contribution is -0.120. The van der Waals surface area contributed by atoms with Crippen LogP contribution in [0.4, 0.5) is 0 Å². The van der Waals surface area contributed by atoms with Gasteiger partial charge in [0.25, 0.3) is 0 Å². The highest BCUT2D eigenvalue weighted by atomic mass is 127. The van der Waals surface area contributed by atoms with Gasteiger partial charge in [-0.25, -0.2) is 4.99 Å². The first-order valence-electron chi connectivity index (χ1n) is 10.3. The van der Waals surface area contributed by atoms with Crippen molar-refractivity contribution in [1.82, 2.24) is 20.9 Å². The van der Waals surface area contributed by atoms with E-state index in [2.05, 4.69) is 50.1 Å².